The molecular weight excluding hydrogens is 346 g/mol. The van der Waals surface area contributed by atoms with E-state index >= 15 is 0 Å². The monoisotopic (exact) mass is 365 g/mol. The van der Waals surface area contributed by atoms with E-state index in [1.165, 1.54) is 0 Å². The van der Waals surface area contributed by atoms with Gasteiger partial charge in [0.1, 0.15) is 17.4 Å². The van der Waals surface area contributed by atoms with Gasteiger partial charge in [0.15, 0.2) is 0 Å². The summed E-state index contributed by atoms with van der Waals surface area (Å²) in [6, 6.07) is 7.29. The topological polar surface area (TPSA) is 63.2 Å². The van der Waals surface area contributed by atoms with Crippen molar-refractivity contribution < 1.29 is 9.53 Å². The van der Waals surface area contributed by atoms with Gasteiger partial charge in [-0.3, -0.25) is 4.79 Å². The largest absolute Gasteiger partial charge is 0.486 e. The van der Waals surface area contributed by atoms with Crippen LogP contribution in [0, 0.1) is 5.92 Å². The zero-order valence-electron chi connectivity index (χ0n) is 13.3. The number of ether oxygens (including phenoxy) is 1. The van der Waals surface area contributed by atoms with Gasteiger partial charge in [-0.05, 0) is 37.1 Å². The maximum Gasteiger partial charge on any atom is 0.223 e. The molecule has 1 amide bonds. The molecule has 24 heavy (non-hydrogen) atoms. The first-order valence-electron chi connectivity index (χ1n) is 8.01. The lowest BCUT2D eigenvalue weighted by atomic mass is 10.3. The molecule has 2 N–H and O–H groups in total. The van der Waals surface area contributed by atoms with Crippen molar-refractivity contribution in [2.24, 2.45) is 5.92 Å². The second kappa shape index (κ2) is 8.46. The van der Waals surface area contributed by atoms with Crippen LogP contribution < -0.4 is 15.4 Å². The Kier molecular flexibility index (Phi) is 6.07. The number of carbonyl (C=O) groups is 1. The van der Waals surface area contributed by atoms with E-state index in [0.717, 1.165) is 35.8 Å². The van der Waals surface area contributed by atoms with Crippen molar-refractivity contribution in [1.29, 1.82) is 0 Å². The van der Waals surface area contributed by atoms with Crippen molar-refractivity contribution >= 4 is 28.8 Å². The van der Waals surface area contributed by atoms with Crippen LogP contribution in [0.3, 0.4) is 0 Å². The summed E-state index contributed by atoms with van der Waals surface area (Å²) >= 11 is 7.42. The van der Waals surface area contributed by atoms with Crippen LogP contribution >= 0.6 is 22.9 Å². The fourth-order valence-corrected chi connectivity index (χ4v) is 2.98. The predicted molar refractivity (Wildman–Crippen MR) is 95.3 cm³/mol. The summed E-state index contributed by atoms with van der Waals surface area (Å²) in [4.78, 5) is 16.0. The standard InChI is InChI=1S/C17H20ClN3O2S/c18-13-3-5-15(6-4-13)23-10-16-21-14(11-24-16)9-19-7-8-20-17(22)12-1-2-12/h3-6,11-12,19H,1-2,7-10H2,(H,20,22). The summed E-state index contributed by atoms with van der Waals surface area (Å²) in [6.07, 6.45) is 2.08. The zero-order chi connectivity index (χ0) is 16.8. The van der Waals surface area contributed by atoms with E-state index in [0.29, 0.717) is 24.7 Å². The number of hydrogen-bond acceptors (Lipinski definition) is 5. The molecule has 0 unspecified atom stereocenters. The molecule has 1 fully saturated rings. The number of hydrogen-bond donors (Lipinski definition) is 2. The summed E-state index contributed by atoms with van der Waals surface area (Å²) < 4.78 is 5.68. The third kappa shape index (κ3) is 5.47. The Balaban J connectivity index is 1.32. The van der Waals surface area contributed by atoms with Gasteiger partial charge < -0.3 is 15.4 Å². The second-order valence-electron chi connectivity index (χ2n) is 5.72. The lowest BCUT2D eigenvalue weighted by molar-refractivity contribution is -0.122. The number of nitrogens with zero attached hydrogens (tertiary/aromatic N) is 1. The molecular formula is C17H20ClN3O2S. The molecule has 2 aromatic rings. The summed E-state index contributed by atoms with van der Waals surface area (Å²) in [5.74, 6) is 1.24. The molecule has 7 heteroatoms. The first-order chi connectivity index (χ1) is 11.7. The van der Waals surface area contributed by atoms with Gasteiger partial charge in [0.25, 0.3) is 0 Å². The van der Waals surface area contributed by atoms with Crippen molar-refractivity contribution in [3.05, 3.63) is 45.4 Å². The molecule has 1 saturated carbocycles. The van der Waals surface area contributed by atoms with Gasteiger partial charge in [0, 0.05) is 36.0 Å². The number of nitrogens with one attached hydrogen (secondary N) is 2. The number of benzene rings is 1. The van der Waals surface area contributed by atoms with Crippen molar-refractivity contribution in [2.75, 3.05) is 13.1 Å². The molecule has 0 aliphatic heterocycles. The average Bonchev–Trinajstić information content (AvgIpc) is 3.34. The third-order valence-corrected chi connectivity index (χ3v) is 4.75. The quantitative estimate of drug-likeness (QED) is 0.670. The van der Waals surface area contributed by atoms with Gasteiger partial charge in [-0.15, -0.1) is 11.3 Å². The summed E-state index contributed by atoms with van der Waals surface area (Å²) in [5.41, 5.74) is 0.989. The summed E-state index contributed by atoms with van der Waals surface area (Å²) in [7, 11) is 0. The van der Waals surface area contributed by atoms with Gasteiger partial charge in [-0.2, -0.15) is 0 Å². The number of carbonyl (C=O) groups excluding carboxylic acids is 1. The van der Waals surface area contributed by atoms with E-state index in [9.17, 15) is 4.79 Å². The highest BCUT2D eigenvalue weighted by molar-refractivity contribution is 7.09. The van der Waals surface area contributed by atoms with Gasteiger partial charge >= 0.3 is 0 Å². The molecule has 0 bridgehead atoms. The van der Waals surface area contributed by atoms with Crippen LogP contribution in [0.25, 0.3) is 0 Å². The van der Waals surface area contributed by atoms with Gasteiger partial charge in [0.2, 0.25) is 5.91 Å². The molecule has 1 aromatic heterocycles. The minimum Gasteiger partial charge on any atom is -0.486 e. The smallest absolute Gasteiger partial charge is 0.223 e. The highest BCUT2D eigenvalue weighted by Crippen LogP contribution is 2.28. The third-order valence-electron chi connectivity index (χ3n) is 3.63. The maximum absolute atomic E-state index is 11.5. The highest BCUT2D eigenvalue weighted by Gasteiger charge is 2.28. The van der Waals surface area contributed by atoms with E-state index < -0.39 is 0 Å². The molecule has 128 valence electrons. The Labute approximate surface area is 150 Å². The fourth-order valence-electron chi connectivity index (χ4n) is 2.15. The number of amides is 1. The summed E-state index contributed by atoms with van der Waals surface area (Å²) in [6.45, 7) is 2.54. The number of rotatable bonds is 9. The van der Waals surface area contributed by atoms with E-state index in [2.05, 4.69) is 15.6 Å². The van der Waals surface area contributed by atoms with Crippen LogP contribution in [0.15, 0.2) is 29.6 Å². The predicted octanol–water partition coefficient (Wildman–Crippen LogP) is 2.99. The van der Waals surface area contributed by atoms with Crippen LogP contribution in [0.5, 0.6) is 5.75 Å². The van der Waals surface area contributed by atoms with Crippen LogP contribution in [-0.2, 0) is 17.9 Å². The molecule has 1 aromatic carbocycles. The van der Waals surface area contributed by atoms with Gasteiger partial charge in [0.05, 0.1) is 5.69 Å². The number of halogens is 1. The number of aromatic nitrogens is 1. The van der Waals surface area contributed by atoms with Crippen molar-refractivity contribution in [3.63, 3.8) is 0 Å². The molecule has 0 radical (unpaired) electrons. The van der Waals surface area contributed by atoms with E-state index in [1.54, 1.807) is 23.5 Å². The Morgan fingerprint density at radius 2 is 2.08 bits per heavy atom. The average molecular weight is 366 g/mol. The molecule has 1 heterocycles. The van der Waals surface area contributed by atoms with Crippen LogP contribution in [0.4, 0.5) is 0 Å². The lowest BCUT2D eigenvalue weighted by Gasteiger charge is -2.05. The molecule has 0 atom stereocenters. The second-order valence-corrected chi connectivity index (χ2v) is 7.10. The molecule has 0 spiro atoms. The minimum absolute atomic E-state index is 0.187. The Bertz CT molecular complexity index is 671. The zero-order valence-corrected chi connectivity index (χ0v) is 14.8. The van der Waals surface area contributed by atoms with Crippen LogP contribution in [0.2, 0.25) is 5.02 Å². The molecule has 5 nitrogen and oxygen atoms in total. The molecule has 0 saturated heterocycles. The number of thiazole rings is 1. The lowest BCUT2D eigenvalue weighted by Crippen LogP contribution is -2.32. The fraction of sp³-hybridized carbons (Fsp3) is 0.412. The van der Waals surface area contributed by atoms with E-state index in [1.807, 2.05) is 17.5 Å². The first-order valence-corrected chi connectivity index (χ1v) is 9.26. The van der Waals surface area contributed by atoms with Crippen molar-refractivity contribution in [2.45, 2.75) is 26.0 Å². The Hall–Kier alpha value is -1.63. The minimum atomic E-state index is 0.187. The molecule has 1 aliphatic carbocycles. The normalized spacial score (nSPS) is 13.7. The van der Waals surface area contributed by atoms with E-state index in [-0.39, 0.29) is 11.8 Å². The van der Waals surface area contributed by atoms with Crippen molar-refractivity contribution in [3.8, 4) is 5.75 Å². The van der Waals surface area contributed by atoms with Gasteiger partial charge in [-0.25, -0.2) is 4.98 Å². The van der Waals surface area contributed by atoms with Gasteiger partial charge in [-0.1, -0.05) is 11.6 Å². The summed E-state index contributed by atoms with van der Waals surface area (Å²) in [5, 5.41) is 9.86. The molecule has 1 aliphatic rings. The molecule has 3 rings (SSSR count). The van der Waals surface area contributed by atoms with Crippen LogP contribution in [-0.4, -0.2) is 24.0 Å². The Morgan fingerprint density at radius 1 is 1.29 bits per heavy atom. The highest BCUT2D eigenvalue weighted by atomic mass is 35.5. The van der Waals surface area contributed by atoms with Crippen molar-refractivity contribution in [1.82, 2.24) is 15.6 Å². The SMILES string of the molecule is O=C(NCCNCc1csc(COc2ccc(Cl)cc2)n1)C1CC1. The maximum atomic E-state index is 11.5. The first kappa shape index (κ1) is 17.2. The van der Waals surface area contributed by atoms with E-state index in [4.69, 9.17) is 16.3 Å². The van der Waals surface area contributed by atoms with Crippen LogP contribution in [0.1, 0.15) is 23.5 Å². The Morgan fingerprint density at radius 3 is 2.83 bits per heavy atom.